The molecule has 10 heteroatoms. The minimum absolute atomic E-state index is 0.0228. The molecule has 0 saturated heterocycles. The van der Waals surface area contributed by atoms with E-state index in [1.807, 2.05) is 4.57 Å². The molecule has 0 aliphatic heterocycles. The Morgan fingerprint density at radius 2 is 2.10 bits per heavy atom. The molecule has 2 heterocycles. The highest BCUT2D eigenvalue weighted by molar-refractivity contribution is 6.00. The normalized spacial score (nSPS) is 14.3. The van der Waals surface area contributed by atoms with Crippen molar-refractivity contribution in [2.75, 3.05) is 23.5 Å². The number of nitrogen functional groups attached to an aromatic ring is 1. The Balaban J connectivity index is 1.73. The lowest BCUT2D eigenvalue weighted by Crippen LogP contribution is -2.27. The number of pyridine rings is 2. The molecule has 1 aliphatic carbocycles. The fraction of sp³-hybridized carbons (Fsp3) is 0.286. The Kier molecular flexibility index (Phi) is 5.14. The van der Waals surface area contributed by atoms with E-state index in [4.69, 9.17) is 15.6 Å². The topological polar surface area (TPSA) is 132 Å². The molecule has 0 radical (unpaired) electrons. The average molecular weight is 427 g/mol. The number of ether oxygens (including phenoxy) is 1. The summed E-state index contributed by atoms with van der Waals surface area (Å²) in [7, 11) is 1.41. The molecule has 1 atom stereocenters. The van der Waals surface area contributed by atoms with Crippen molar-refractivity contribution >= 4 is 34.1 Å². The standard InChI is InChI=1S/C21H22FN5O4/c1-10(25-14-6-3-11(9-24-14)21(29)30)26-18-16(22)17(23)15-13(28)7-8-27(12-4-5-12)19(15)20(18)31-2/h3,6-10,12,26H,4-5,23H2,1-2H3,(H,24,25)(H,29,30). The second-order valence-electron chi connectivity index (χ2n) is 7.43. The molecule has 1 fully saturated rings. The van der Waals surface area contributed by atoms with Gasteiger partial charge in [0.2, 0.25) is 0 Å². The number of carboxylic acids is 1. The van der Waals surface area contributed by atoms with Crippen molar-refractivity contribution in [1.82, 2.24) is 9.55 Å². The van der Waals surface area contributed by atoms with Crippen molar-refractivity contribution in [3.05, 3.63) is 52.2 Å². The van der Waals surface area contributed by atoms with Crippen molar-refractivity contribution < 1.29 is 19.0 Å². The van der Waals surface area contributed by atoms with E-state index < -0.39 is 18.0 Å². The molecule has 1 unspecified atom stereocenters. The van der Waals surface area contributed by atoms with E-state index in [1.54, 1.807) is 13.1 Å². The Morgan fingerprint density at radius 3 is 2.68 bits per heavy atom. The number of aromatic nitrogens is 2. The number of aromatic carboxylic acids is 1. The smallest absolute Gasteiger partial charge is 0.337 e. The number of nitrogens with one attached hydrogen (secondary N) is 2. The first-order valence-corrected chi connectivity index (χ1v) is 9.74. The molecule has 5 N–H and O–H groups in total. The van der Waals surface area contributed by atoms with Gasteiger partial charge in [0.25, 0.3) is 0 Å². The zero-order valence-electron chi connectivity index (χ0n) is 17.0. The number of anilines is 3. The summed E-state index contributed by atoms with van der Waals surface area (Å²) in [5, 5.41) is 15.1. The first-order valence-electron chi connectivity index (χ1n) is 9.74. The first kappa shape index (κ1) is 20.5. The fourth-order valence-corrected chi connectivity index (χ4v) is 3.57. The van der Waals surface area contributed by atoms with Gasteiger partial charge in [-0.15, -0.1) is 0 Å². The van der Waals surface area contributed by atoms with Gasteiger partial charge in [0.15, 0.2) is 17.0 Å². The fourth-order valence-electron chi connectivity index (χ4n) is 3.57. The minimum atomic E-state index is -1.08. The number of fused-ring (bicyclic) bond motifs is 1. The molecule has 3 aromatic rings. The van der Waals surface area contributed by atoms with Gasteiger partial charge in [0, 0.05) is 24.5 Å². The van der Waals surface area contributed by atoms with Crippen molar-refractivity contribution in [2.24, 2.45) is 0 Å². The van der Waals surface area contributed by atoms with E-state index in [2.05, 4.69) is 15.6 Å². The first-order chi connectivity index (χ1) is 14.8. The van der Waals surface area contributed by atoms with Crippen LogP contribution in [0.15, 0.2) is 35.4 Å². The molecule has 9 nitrogen and oxygen atoms in total. The number of rotatable bonds is 7. The number of hydrogen-bond donors (Lipinski definition) is 4. The van der Waals surface area contributed by atoms with E-state index in [-0.39, 0.29) is 39.5 Å². The third kappa shape index (κ3) is 3.72. The van der Waals surface area contributed by atoms with Gasteiger partial charge in [-0.3, -0.25) is 4.79 Å². The maximum absolute atomic E-state index is 15.2. The summed E-state index contributed by atoms with van der Waals surface area (Å²) >= 11 is 0. The largest absolute Gasteiger partial charge is 0.492 e. The van der Waals surface area contributed by atoms with Gasteiger partial charge in [-0.25, -0.2) is 14.2 Å². The van der Waals surface area contributed by atoms with Crippen LogP contribution in [0.1, 0.15) is 36.2 Å². The van der Waals surface area contributed by atoms with Crippen molar-refractivity contribution in [1.29, 1.82) is 0 Å². The zero-order valence-corrected chi connectivity index (χ0v) is 17.0. The predicted molar refractivity (Wildman–Crippen MR) is 115 cm³/mol. The van der Waals surface area contributed by atoms with Crippen molar-refractivity contribution in [2.45, 2.75) is 32.0 Å². The second kappa shape index (κ2) is 7.78. The van der Waals surface area contributed by atoms with Gasteiger partial charge in [-0.2, -0.15) is 0 Å². The number of nitrogens with zero attached hydrogens (tertiary/aromatic N) is 2. The highest BCUT2D eigenvalue weighted by atomic mass is 19.1. The van der Waals surface area contributed by atoms with Crippen LogP contribution < -0.4 is 26.5 Å². The SMILES string of the molecule is COc1c(NC(C)Nc2ccc(C(=O)O)cn2)c(F)c(N)c2c(=O)ccn(C3CC3)c12. The third-order valence-electron chi connectivity index (χ3n) is 5.18. The Bertz CT molecular complexity index is 1220. The summed E-state index contributed by atoms with van der Waals surface area (Å²) in [6.45, 7) is 1.73. The quantitative estimate of drug-likeness (QED) is 0.334. The molecular formula is C21H22FN5O4. The van der Waals surface area contributed by atoms with E-state index in [0.29, 0.717) is 11.3 Å². The lowest BCUT2D eigenvalue weighted by atomic mass is 10.1. The molecule has 0 amide bonds. The van der Waals surface area contributed by atoms with E-state index >= 15 is 4.39 Å². The molecule has 2 aromatic heterocycles. The average Bonchev–Trinajstić information content (AvgIpc) is 3.57. The summed E-state index contributed by atoms with van der Waals surface area (Å²) < 4.78 is 22.7. The van der Waals surface area contributed by atoms with Crippen LogP contribution in [0.3, 0.4) is 0 Å². The number of nitrogens with two attached hydrogens (primary N) is 1. The zero-order chi connectivity index (χ0) is 22.3. The van der Waals surface area contributed by atoms with E-state index in [1.165, 1.54) is 31.5 Å². The molecule has 0 bridgehead atoms. The van der Waals surface area contributed by atoms with Gasteiger partial charge in [0.1, 0.15) is 11.5 Å². The summed E-state index contributed by atoms with van der Waals surface area (Å²) in [5.74, 6) is -1.27. The van der Waals surface area contributed by atoms with Gasteiger partial charge in [0.05, 0.1) is 35.4 Å². The number of hydrogen-bond acceptors (Lipinski definition) is 7. The van der Waals surface area contributed by atoms with Crippen LogP contribution in [0.2, 0.25) is 0 Å². The van der Waals surface area contributed by atoms with Crippen LogP contribution in [-0.2, 0) is 0 Å². The lowest BCUT2D eigenvalue weighted by molar-refractivity contribution is 0.0696. The molecule has 1 aliphatic rings. The van der Waals surface area contributed by atoms with Gasteiger partial charge >= 0.3 is 5.97 Å². The van der Waals surface area contributed by atoms with Crippen LogP contribution in [0.25, 0.3) is 10.9 Å². The van der Waals surface area contributed by atoms with Crippen LogP contribution in [0.5, 0.6) is 5.75 Å². The number of halogens is 1. The van der Waals surface area contributed by atoms with Crippen LogP contribution >= 0.6 is 0 Å². The number of carboxylic acid groups (broad SMARTS) is 1. The predicted octanol–water partition coefficient (Wildman–Crippen LogP) is 3.03. The minimum Gasteiger partial charge on any atom is -0.492 e. The Labute approximate surface area is 176 Å². The van der Waals surface area contributed by atoms with E-state index in [0.717, 1.165) is 12.8 Å². The van der Waals surface area contributed by atoms with Gasteiger partial charge in [-0.1, -0.05) is 0 Å². The second-order valence-corrected chi connectivity index (χ2v) is 7.43. The number of methoxy groups -OCH3 is 1. The monoisotopic (exact) mass is 427 g/mol. The molecule has 1 aromatic carbocycles. The van der Waals surface area contributed by atoms with Crippen LogP contribution in [0, 0.1) is 5.82 Å². The maximum atomic E-state index is 15.2. The number of carbonyl (C=O) groups is 1. The molecule has 162 valence electrons. The molecule has 0 spiro atoms. The summed E-state index contributed by atoms with van der Waals surface area (Å²) in [6, 6.07) is 4.52. The Morgan fingerprint density at radius 1 is 1.35 bits per heavy atom. The van der Waals surface area contributed by atoms with Crippen LogP contribution in [0.4, 0.5) is 21.6 Å². The summed E-state index contributed by atoms with van der Waals surface area (Å²) in [5.41, 5.74) is 5.95. The highest BCUT2D eigenvalue weighted by Gasteiger charge is 2.29. The maximum Gasteiger partial charge on any atom is 0.337 e. The summed E-state index contributed by atoms with van der Waals surface area (Å²) in [6.07, 6.45) is 4.28. The lowest BCUT2D eigenvalue weighted by Gasteiger charge is -2.23. The third-order valence-corrected chi connectivity index (χ3v) is 5.18. The summed E-state index contributed by atoms with van der Waals surface area (Å²) in [4.78, 5) is 27.5. The molecule has 1 saturated carbocycles. The van der Waals surface area contributed by atoms with E-state index in [9.17, 15) is 9.59 Å². The van der Waals surface area contributed by atoms with Gasteiger partial charge in [-0.05, 0) is 31.9 Å². The van der Waals surface area contributed by atoms with Gasteiger partial charge < -0.3 is 30.8 Å². The molecular weight excluding hydrogens is 405 g/mol. The van der Waals surface area contributed by atoms with Crippen LogP contribution in [-0.4, -0.2) is 33.9 Å². The van der Waals surface area contributed by atoms with Crippen molar-refractivity contribution in [3.8, 4) is 5.75 Å². The Hall–Kier alpha value is -3.82. The molecule has 31 heavy (non-hydrogen) atoms. The number of benzene rings is 1. The highest BCUT2D eigenvalue weighted by Crippen LogP contribution is 2.44. The van der Waals surface area contributed by atoms with Crippen molar-refractivity contribution in [3.63, 3.8) is 0 Å². The molecule has 4 rings (SSSR count).